The molecular formula is C13H18N4O2. The molecule has 1 unspecified atom stereocenters. The van der Waals surface area contributed by atoms with Crippen molar-refractivity contribution in [2.75, 3.05) is 13.1 Å². The lowest BCUT2D eigenvalue weighted by atomic mass is 10.1. The van der Waals surface area contributed by atoms with Gasteiger partial charge >= 0.3 is 0 Å². The largest absolute Gasteiger partial charge is 0.353 e. The Hall–Kier alpha value is -1.98. The summed E-state index contributed by atoms with van der Waals surface area (Å²) in [6.07, 6.45) is 4.45. The number of carbonyl (C=O) groups is 2. The molecule has 1 N–H and O–H groups in total. The molecule has 2 amide bonds. The molecule has 19 heavy (non-hydrogen) atoms. The van der Waals surface area contributed by atoms with E-state index in [2.05, 4.69) is 15.3 Å². The number of nitrogens with zero attached hydrogens (tertiary/aromatic N) is 3. The standard InChI is InChI=1S/C13H18N4O2/c1-3-4-11-12(18)15-5-6-17(11)13(19)10-7-14-8-16-9(10)2/h7-8,11H,3-6H2,1-2H3,(H,15,18). The van der Waals surface area contributed by atoms with Crippen molar-refractivity contribution >= 4 is 11.8 Å². The molecule has 0 radical (unpaired) electrons. The van der Waals surface area contributed by atoms with Gasteiger partial charge < -0.3 is 10.2 Å². The number of rotatable bonds is 3. The Morgan fingerprint density at radius 3 is 3.05 bits per heavy atom. The van der Waals surface area contributed by atoms with E-state index < -0.39 is 0 Å². The first kappa shape index (κ1) is 13.5. The van der Waals surface area contributed by atoms with Gasteiger partial charge in [0.2, 0.25) is 5.91 Å². The number of hydrogen-bond donors (Lipinski definition) is 1. The maximum Gasteiger partial charge on any atom is 0.258 e. The highest BCUT2D eigenvalue weighted by Gasteiger charge is 2.33. The third kappa shape index (κ3) is 2.72. The zero-order valence-electron chi connectivity index (χ0n) is 11.2. The molecule has 1 saturated heterocycles. The van der Waals surface area contributed by atoms with Crippen molar-refractivity contribution in [3.63, 3.8) is 0 Å². The van der Waals surface area contributed by atoms with Gasteiger partial charge in [-0.3, -0.25) is 9.59 Å². The van der Waals surface area contributed by atoms with Crippen LogP contribution in [-0.4, -0.2) is 45.8 Å². The minimum absolute atomic E-state index is 0.0732. The summed E-state index contributed by atoms with van der Waals surface area (Å²) in [7, 11) is 0. The zero-order valence-corrected chi connectivity index (χ0v) is 11.2. The van der Waals surface area contributed by atoms with Crippen LogP contribution in [0.5, 0.6) is 0 Å². The van der Waals surface area contributed by atoms with Crippen LogP contribution in [0.4, 0.5) is 0 Å². The SMILES string of the molecule is CCCC1C(=O)NCCN1C(=O)c1cncnc1C. The van der Waals surface area contributed by atoms with Crippen LogP contribution in [0, 0.1) is 6.92 Å². The van der Waals surface area contributed by atoms with E-state index in [0.29, 0.717) is 30.8 Å². The first-order valence-corrected chi connectivity index (χ1v) is 6.50. The van der Waals surface area contributed by atoms with E-state index in [1.165, 1.54) is 12.5 Å². The van der Waals surface area contributed by atoms with Crippen LogP contribution in [0.1, 0.15) is 35.8 Å². The van der Waals surface area contributed by atoms with Crippen molar-refractivity contribution in [2.45, 2.75) is 32.7 Å². The number of amides is 2. The van der Waals surface area contributed by atoms with Crippen molar-refractivity contribution in [2.24, 2.45) is 0 Å². The van der Waals surface area contributed by atoms with Gasteiger partial charge in [0.1, 0.15) is 12.4 Å². The van der Waals surface area contributed by atoms with E-state index >= 15 is 0 Å². The highest BCUT2D eigenvalue weighted by molar-refractivity contribution is 5.98. The first-order chi connectivity index (χ1) is 9.15. The molecular weight excluding hydrogens is 244 g/mol. The first-order valence-electron chi connectivity index (χ1n) is 6.50. The number of hydrogen-bond acceptors (Lipinski definition) is 4. The third-order valence-corrected chi connectivity index (χ3v) is 3.30. The molecule has 6 nitrogen and oxygen atoms in total. The van der Waals surface area contributed by atoms with Crippen LogP contribution < -0.4 is 5.32 Å². The Bertz CT molecular complexity index is 489. The average molecular weight is 262 g/mol. The molecule has 2 rings (SSSR count). The van der Waals surface area contributed by atoms with E-state index in [0.717, 1.165) is 6.42 Å². The Labute approximate surface area is 112 Å². The lowest BCUT2D eigenvalue weighted by Gasteiger charge is -2.35. The lowest BCUT2D eigenvalue weighted by Crippen LogP contribution is -2.57. The number of aromatic nitrogens is 2. The molecule has 0 spiro atoms. The van der Waals surface area contributed by atoms with Crippen LogP contribution in [0.2, 0.25) is 0 Å². The van der Waals surface area contributed by atoms with Gasteiger partial charge in [0.15, 0.2) is 0 Å². The second kappa shape index (κ2) is 5.77. The average Bonchev–Trinajstić information content (AvgIpc) is 2.41. The maximum absolute atomic E-state index is 12.5. The quantitative estimate of drug-likeness (QED) is 0.862. The summed E-state index contributed by atoms with van der Waals surface area (Å²) in [5.74, 6) is -0.234. The van der Waals surface area contributed by atoms with Gasteiger partial charge in [-0.1, -0.05) is 13.3 Å². The van der Waals surface area contributed by atoms with Crippen molar-refractivity contribution in [1.29, 1.82) is 0 Å². The summed E-state index contributed by atoms with van der Waals surface area (Å²) in [5.41, 5.74) is 1.11. The van der Waals surface area contributed by atoms with E-state index in [-0.39, 0.29) is 17.9 Å². The van der Waals surface area contributed by atoms with Crippen LogP contribution in [0.25, 0.3) is 0 Å². The highest BCUT2D eigenvalue weighted by Crippen LogP contribution is 2.15. The fourth-order valence-corrected chi connectivity index (χ4v) is 2.27. The predicted molar refractivity (Wildman–Crippen MR) is 69.5 cm³/mol. The van der Waals surface area contributed by atoms with Crippen molar-refractivity contribution < 1.29 is 9.59 Å². The molecule has 1 aromatic rings. The number of carbonyl (C=O) groups excluding carboxylic acids is 2. The zero-order chi connectivity index (χ0) is 13.8. The molecule has 102 valence electrons. The summed E-state index contributed by atoms with van der Waals surface area (Å²) >= 11 is 0. The Morgan fingerprint density at radius 1 is 1.58 bits per heavy atom. The smallest absolute Gasteiger partial charge is 0.258 e. The third-order valence-electron chi connectivity index (χ3n) is 3.30. The van der Waals surface area contributed by atoms with Crippen molar-refractivity contribution in [1.82, 2.24) is 20.2 Å². The van der Waals surface area contributed by atoms with Crippen molar-refractivity contribution in [3.05, 3.63) is 23.8 Å². The molecule has 6 heteroatoms. The molecule has 0 aromatic carbocycles. The molecule has 0 aliphatic carbocycles. The molecule has 0 bridgehead atoms. The lowest BCUT2D eigenvalue weighted by molar-refractivity contribution is -0.128. The predicted octanol–water partition coefficient (Wildman–Crippen LogP) is 0.526. The van der Waals surface area contributed by atoms with Gasteiger partial charge in [-0.25, -0.2) is 9.97 Å². The fraction of sp³-hybridized carbons (Fsp3) is 0.538. The minimum Gasteiger partial charge on any atom is -0.353 e. The molecule has 1 aromatic heterocycles. The summed E-state index contributed by atoms with van der Waals surface area (Å²) in [6.45, 7) is 4.80. The monoisotopic (exact) mass is 262 g/mol. The normalized spacial score (nSPS) is 19.2. The maximum atomic E-state index is 12.5. The van der Waals surface area contributed by atoms with E-state index in [1.54, 1.807) is 11.8 Å². The highest BCUT2D eigenvalue weighted by atomic mass is 16.2. The van der Waals surface area contributed by atoms with Gasteiger partial charge in [-0.2, -0.15) is 0 Å². The van der Waals surface area contributed by atoms with Gasteiger partial charge in [-0.15, -0.1) is 0 Å². The Morgan fingerprint density at radius 2 is 2.37 bits per heavy atom. The number of nitrogens with one attached hydrogen (secondary N) is 1. The van der Waals surface area contributed by atoms with Crippen LogP contribution in [0.15, 0.2) is 12.5 Å². The second-order valence-corrected chi connectivity index (χ2v) is 4.62. The Kier molecular flexibility index (Phi) is 4.09. The van der Waals surface area contributed by atoms with E-state index in [4.69, 9.17) is 0 Å². The molecule has 1 fully saturated rings. The topological polar surface area (TPSA) is 75.2 Å². The summed E-state index contributed by atoms with van der Waals surface area (Å²) in [6, 6.07) is -0.383. The summed E-state index contributed by atoms with van der Waals surface area (Å²) in [5, 5.41) is 2.80. The molecule has 2 heterocycles. The van der Waals surface area contributed by atoms with Gasteiger partial charge in [0.25, 0.3) is 5.91 Å². The second-order valence-electron chi connectivity index (χ2n) is 4.62. The number of piperazine rings is 1. The van der Waals surface area contributed by atoms with E-state index in [1.807, 2.05) is 6.92 Å². The fourth-order valence-electron chi connectivity index (χ4n) is 2.27. The van der Waals surface area contributed by atoms with Gasteiger partial charge in [-0.05, 0) is 13.3 Å². The number of aryl methyl sites for hydroxylation is 1. The minimum atomic E-state index is -0.383. The summed E-state index contributed by atoms with van der Waals surface area (Å²) in [4.78, 5) is 33.9. The Balaban J connectivity index is 2.25. The molecule has 1 aliphatic heterocycles. The molecule has 1 aliphatic rings. The summed E-state index contributed by atoms with van der Waals surface area (Å²) < 4.78 is 0. The van der Waals surface area contributed by atoms with Crippen LogP contribution in [0.3, 0.4) is 0 Å². The van der Waals surface area contributed by atoms with Crippen molar-refractivity contribution in [3.8, 4) is 0 Å². The van der Waals surface area contributed by atoms with E-state index in [9.17, 15) is 9.59 Å². The van der Waals surface area contributed by atoms with Gasteiger partial charge in [0, 0.05) is 19.3 Å². The molecule has 0 saturated carbocycles. The molecule has 1 atom stereocenters. The van der Waals surface area contributed by atoms with Gasteiger partial charge in [0.05, 0.1) is 11.3 Å². The van der Waals surface area contributed by atoms with Crippen LogP contribution >= 0.6 is 0 Å². The van der Waals surface area contributed by atoms with Crippen LogP contribution in [-0.2, 0) is 4.79 Å².